The predicted molar refractivity (Wildman–Crippen MR) is 98.6 cm³/mol. The number of fused-ring (bicyclic) bond motifs is 3. The van der Waals surface area contributed by atoms with Gasteiger partial charge < -0.3 is 19.3 Å². The van der Waals surface area contributed by atoms with Gasteiger partial charge in [-0.1, -0.05) is 0 Å². The molecule has 1 saturated heterocycles. The van der Waals surface area contributed by atoms with Gasteiger partial charge in [-0.15, -0.1) is 0 Å². The van der Waals surface area contributed by atoms with Crippen LogP contribution in [0.3, 0.4) is 0 Å². The first-order valence-electron chi connectivity index (χ1n) is 10.7. The smallest absolute Gasteiger partial charge is 0.423 e. The van der Waals surface area contributed by atoms with Crippen molar-refractivity contribution < 1.29 is 63.4 Å². The lowest BCUT2D eigenvalue weighted by Crippen LogP contribution is -2.65. The minimum atomic E-state index is -6.82. The summed E-state index contributed by atoms with van der Waals surface area (Å²) in [7, 11) is -6.82. The first kappa shape index (κ1) is 25.9. The fourth-order valence-electron chi connectivity index (χ4n) is 6.26. The van der Waals surface area contributed by atoms with E-state index in [9.17, 15) is 44.7 Å². The van der Waals surface area contributed by atoms with Crippen molar-refractivity contribution in [1.29, 1.82) is 0 Å². The van der Waals surface area contributed by atoms with Gasteiger partial charge in [-0.25, -0.2) is 0 Å². The highest BCUT2D eigenvalue weighted by Gasteiger charge is 2.80. The number of ether oxygens (including phenoxy) is 3. The SMILES string of the molecule is O=C(OCC(C(F)(F)F)(C(F)(F)F)S(=O)(=O)O)C12CCC3CC4(OCC(CO)O4)C(CC3C1)C2. The van der Waals surface area contributed by atoms with E-state index >= 15 is 0 Å². The standard InChI is InChI=1S/C19H24F6O8S/c20-18(21,22)17(19(23,24)25,34(28,29)30)9-31-14(27)15-2-1-10-5-16(32-8-13(7-26)33-16)12(6-15)3-11(10)4-15/h10-13,26H,1-9H2,(H,28,29,30). The zero-order chi connectivity index (χ0) is 25.4. The second-order valence-corrected chi connectivity index (χ2v) is 11.5. The minimum Gasteiger partial charge on any atom is -0.463 e. The van der Waals surface area contributed by atoms with Gasteiger partial charge in [-0.05, 0) is 43.9 Å². The van der Waals surface area contributed by atoms with Crippen LogP contribution < -0.4 is 0 Å². The van der Waals surface area contributed by atoms with Crippen molar-refractivity contribution >= 4 is 16.1 Å². The largest absolute Gasteiger partial charge is 0.463 e. The summed E-state index contributed by atoms with van der Waals surface area (Å²) in [6.45, 7) is -2.85. The van der Waals surface area contributed by atoms with Gasteiger partial charge in [0, 0.05) is 12.3 Å². The topological polar surface area (TPSA) is 119 Å². The summed E-state index contributed by atoms with van der Waals surface area (Å²) in [5.41, 5.74) is -1.44. The summed E-state index contributed by atoms with van der Waals surface area (Å²) >= 11 is 0. The molecule has 3 aliphatic carbocycles. The number of alkyl halides is 6. The molecule has 4 rings (SSSR count). The second kappa shape index (κ2) is 7.92. The van der Waals surface area contributed by atoms with Gasteiger partial charge in [0.25, 0.3) is 10.1 Å². The van der Waals surface area contributed by atoms with E-state index in [1.54, 1.807) is 0 Å². The Bertz CT molecular complexity index is 922. The highest BCUT2D eigenvalue weighted by atomic mass is 32.2. The molecule has 196 valence electrons. The zero-order valence-corrected chi connectivity index (χ0v) is 18.5. The maximum atomic E-state index is 13.4. The van der Waals surface area contributed by atoms with E-state index in [0.717, 1.165) is 0 Å². The normalized spacial score (nSPS) is 38.4. The van der Waals surface area contributed by atoms with Crippen LogP contribution in [0, 0.1) is 23.2 Å². The molecule has 1 spiro atoms. The summed E-state index contributed by atoms with van der Waals surface area (Å²) in [5, 5.41) is 9.39. The third-order valence-electron chi connectivity index (χ3n) is 7.99. The molecule has 0 aromatic carbocycles. The van der Waals surface area contributed by atoms with Crippen LogP contribution in [0.1, 0.15) is 38.5 Å². The fraction of sp³-hybridized carbons (Fsp3) is 0.947. The van der Waals surface area contributed by atoms with Crippen molar-refractivity contribution in [2.45, 2.75) is 67.5 Å². The summed E-state index contributed by atoms with van der Waals surface area (Å²) in [5.74, 6) is -2.93. The van der Waals surface area contributed by atoms with Crippen molar-refractivity contribution in [1.82, 2.24) is 0 Å². The molecule has 6 unspecified atom stereocenters. The van der Waals surface area contributed by atoms with Crippen molar-refractivity contribution in [2.24, 2.45) is 23.2 Å². The van der Waals surface area contributed by atoms with Crippen LogP contribution in [0.25, 0.3) is 0 Å². The van der Waals surface area contributed by atoms with Crippen LogP contribution in [0.4, 0.5) is 26.3 Å². The molecule has 0 aromatic heterocycles. The Labute approximate surface area is 190 Å². The van der Waals surface area contributed by atoms with Gasteiger partial charge in [-0.2, -0.15) is 34.8 Å². The van der Waals surface area contributed by atoms with Gasteiger partial charge in [0.2, 0.25) is 0 Å². The Balaban J connectivity index is 1.60. The van der Waals surface area contributed by atoms with Gasteiger partial charge >= 0.3 is 23.1 Å². The fourth-order valence-corrected chi connectivity index (χ4v) is 7.05. The summed E-state index contributed by atoms with van der Waals surface area (Å²) in [6, 6.07) is 0. The number of esters is 1. The van der Waals surface area contributed by atoms with E-state index in [1.165, 1.54) is 0 Å². The molecule has 3 saturated carbocycles. The number of carbonyl (C=O) groups excluding carboxylic acids is 1. The highest BCUT2D eigenvalue weighted by Crippen LogP contribution is 2.63. The Kier molecular flexibility index (Phi) is 6.04. The van der Waals surface area contributed by atoms with Crippen LogP contribution in [0.15, 0.2) is 0 Å². The summed E-state index contributed by atoms with van der Waals surface area (Å²) in [6.07, 6.45) is -11.8. The third kappa shape index (κ3) is 3.73. The number of hydrogen-bond acceptors (Lipinski definition) is 7. The average molecular weight is 526 g/mol. The summed E-state index contributed by atoms with van der Waals surface area (Å²) in [4.78, 5) is 13.0. The van der Waals surface area contributed by atoms with E-state index in [4.69, 9.17) is 14.0 Å². The predicted octanol–water partition coefficient (Wildman–Crippen LogP) is 2.60. The molecule has 1 aliphatic heterocycles. The molecule has 2 N–H and O–H groups in total. The zero-order valence-electron chi connectivity index (χ0n) is 17.7. The molecule has 34 heavy (non-hydrogen) atoms. The first-order chi connectivity index (χ1) is 15.5. The quantitative estimate of drug-likeness (QED) is 0.319. The maximum Gasteiger partial charge on any atom is 0.423 e. The molecule has 1 heterocycles. The number of aliphatic hydroxyl groups is 1. The van der Waals surface area contributed by atoms with E-state index in [1.807, 2.05) is 0 Å². The first-order valence-corrected chi connectivity index (χ1v) is 12.1. The van der Waals surface area contributed by atoms with Crippen LogP contribution in [0.5, 0.6) is 0 Å². The van der Waals surface area contributed by atoms with Crippen LogP contribution in [-0.2, 0) is 29.1 Å². The van der Waals surface area contributed by atoms with E-state index in [-0.39, 0.29) is 44.3 Å². The Morgan fingerprint density at radius 1 is 1.06 bits per heavy atom. The molecule has 6 atom stereocenters. The molecule has 0 aromatic rings. The molecular weight excluding hydrogens is 502 g/mol. The molecule has 4 fully saturated rings. The Morgan fingerprint density at radius 2 is 1.71 bits per heavy atom. The van der Waals surface area contributed by atoms with E-state index < -0.39 is 63.0 Å². The Morgan fingerprint density at radius 3 is 2.24 bits per heavy atom. The minimum absolute atomic E-state index is 0.00408. The highest BCUT2D eigenvalue weighted by molar-refractivity contribution is 7.87. The van der Waals surface area contributed by atoms with Gasteiger partial charge in [0.05, 0.1) is 18.6 Å². The van der Waals surface area contributed by atoms with Gasteiger partial charge in [0.1, 0.15) is 12.7 Å². The monoisotopic (exact) mass is 526 g/mol. The van der Waals surface area contributed by atoms with Crippen LogP contribution in [0.2, 0.25) is 0 Å². The molecular formula is C19H24F6O8S. The summed E-state index contributed by atoms with van der Waals surface area (Å²) < 4.78 is 123. The molecule has 15 heteroatoms. The Hall–Kier alpha value is -1.16. The van der Waals surface area contributed by atoms with E-state index in [2.05, 4.69) is 4.74 Å². The number of halogens is 6. The third-order valence-corrected chi connectivity index (χ3v) is 9.45. The molecule has 0 amide bonds. The second-order valence-electron chi connectivity index (χ2n) is 9.80. The number of hydrogen-bond donors (Lipinski definition) is 2. The average Bonchev–Trinajstić information content (AvgIpc) is 3.10. The lowest BCUT2D eigenvalue weighted by molar-refractivity contribution is -0.281. The molecule has 0 radical (unpaired) electrons. The van der Waals surface area contributed by atoms with Gasteiger partial charge in [-0.3, -0.25) is 9.35 Å². The lowest BCUT2D eigenvalue weighted by atomic mass is 9.50. The number of rotatable bonds is 5. The van der Waals surface area contributed by atoms with Gasteiger partial charge in [0.15, 0.2) is 5.79 Å². The van der Waals surface area contributed by atoms with Crippen molar-refractivity contribution in [3.8, 4) is 0 Å². The number of carbonyl (C=O) groups is 1. The lowest BCUT2D eigenvalue weighted by Gasteiger charge is -2.58. The van der Waals surface area contributed by atoms with Crippen molar-refractivity contribution in [3.63, 3.8) is 0 Å². The van der Waals surface area contributed by atoms with Crippen LogP contribution in [-0.4, -0.2) is 72.9 Å². The maximum absolute atomic E-state index is 13.4. The van der Waals surface area contributed by atoms with Crippen molar-refractivity contribution in [3.05, 3.63) is 0 Å². The van der Waals surface area contributed by atoms with Crippen LogP contribution >= 0.6 is 0 Å². The molecule has 4 aliphatic rings. The molecule has 3 bridgehead atoms. The molecule has 8 nitrogen and oxygen atoms in total. The van der Waals surface area contributed by atoms with E-state index in [0.29, 0.717) is 19.3 Å². The van der Waals surface area contributed by atoms with Crippen molar-refractivity contribution in [2.75, 3.05) is 19.8 Å². The number of aliphatic hydroxyl groups excluding tert-OH is 1.